The summed E-state index contributed by atoms with van der Waals surface area (Å²) in [6.45, 7) is 6.15. The average molecular weight is 328 g/mol. The number of nitrogens with one attached hydrogen (secondary N) is 1. The Kier molecular flexibility index (Phi) is 6.52. The Morgan fingerprint density at radius 2 is 2.00 bits per heavy atom. The van der Waals surface area contributed by atoms with Crippen molar-refractivity contribution in [2.45, 2.75) is 38.5 Å². The minimum atomic E-state index is -0.714. The van der Waals surface area contributed by atoms with Gasteiger partial charge in [0.1, 0.15) is 0 Å². The summed E-state index contributed by atoms with van der Waals surface area (Å²) in [7, 11) is 0. The summed E-state index contributed by atoms with van der Waals surface area (Å²) in [6.07, 6.45) is 1.89. The minimum Gasteiger partial charge on any atom is -0.481 e. The van der Waals surface area contributed by atoms with E-state index in [1.54, 1.807) is 0 Å². The highest BCUT2D eigenvalue weighted by Gasteiger charge is 2.22. The Balaban J connectivity index is 2.35. The van der Waals surface area contributed by atoms with Crippen molar-refractivity contribution >= 4 is 21.9 Å². The zero-order valence-electron chi connectivity index (χ0n) is 11.6. The standard InChI is InChI=1S/C15H22BrNO2/c1-15(2,12-7-3-4-8-13(12)16)11-17-10-6-5-9-14(18)19/h3-4,7-8,17H,5-6,9-11H2,1-2H3,(H,18,19). The molecule has 0 fully saturated rings. The van der Waals surface area contributed by atoms with Crippen molar-refractivity contribution in [3.8, 4) is 0 Å². The maximum Gasteiger partial charge on any atom is 0.303 e. The largest absolute Gasteiger partial charge is 0.481 e. The van der Waals surface area contributed by atoms with Crippen LogP contribution in [0.4, 0.5) is 0 Å². The van der Waals surface area contributed by atoms with Crippen LogP contribution >= 0.6 is 15.9 Å². The summed E-state index contributed by atoms with van der Waals surface area (Å²) < 4.78 is 1.13. The van der Waals surface area contributed by atoms with E-state index in [0.717, 1.165) is 30.4 Å². The molecule has 0 bridgehead atoms. The fourth-order valence-corrected chi connectivity index (χ4v) is 2.85. The van der Waals surface area contributed by atoms with Gasteiger partial charge in [0.25, 0.3) is 0 Å². The summed E-state index contributed by atoms with van der Waals surface area (Å²) in [6, 6.07) is 8.26. The smallest absolute Gasteiger partial charge is 0.303 e. The summed E-state index contributed by atoms with van der Waals surface area (Å²) in [5.74, 6) is -0.714. The molecule has 0 spiro atoms. The van der Waals surface area contributed by atoms with Crippen LogP contribution in [0, 0.1) is 0 Å². The first-order chi connectivity index (χ1) is 8.93. The van der Waals surface area contributed by atoms with E-state index in [0.29, 0.717) is 0 Å². The Bertz CT molecular complexity index is 418. The van der Waals surface area contributed by atoms with Crippen LogP contribution in [-0.4, -0.2) is 24.2 Å². The molecule has 1 rings (SSSR count). The summed E-state index contributed by atoms with van der Waals surface area (Å²) in [5.41, 5.74) is 1.33. The third-order valence-electron chi connectivity index (χ3n) is 3.16. The van der Waals surface area contributed by atoms with E-state index in [1.165, 1.54) is 5.56 Å². The molecule has 0 saturated carbocycles. The first kappa shape index (κ1) is 16.2. The molecule has 0 aromatic heterocycles. The highest BCUT2D eigenvalue weighted by Crippen LogP contribution is 2.29. The zero-order valence-corrected chi connectivity index (χ0v) is 13.2. The van der Waals surface area contributed by atoms with Gasteiger partial charge in [-0.3, -0.25) is 4.79 Å². The first-order valence-electron chi connectivity index (χ1n) is 6.61. The lowest BCUT2D eigenvalue weighted by Gasteiger charge is -2.27. The fourth-order valence-electron chi connectivity index (χ4n) is 2.03. The van der Waals surface area contributed by atoms with Crippen LogP contribution in [0.25, 0.3) is 0 Å². The second kappa shape index (κ2) is 7.65. The van der Waals surface area contributed by atoms with Crippen LogP contribution in [0.2, 0.25) is 0 Å². The quantitative estimate of drug-likeness (QED) is 0.717. The Labute approximate surface area is 123 Å². The van der Waals surface area contributed by atoms with E-state index in [4.69, 9.17) is 5.11 Å². The number of carbonyl (C=O) groups is 1. The normalized spacial score (nSPS) is 11.5. The van der Waals surface area contributed by atoms with Gasteiger partial charge in [-0.1, -0.05) is 48.0 Å². The highest BCUT2D eigenvalue weighted by atomic mass is 79.9. The van der Waals surface area contributed by atoms with Gasteiger partial charge in [0.05, 0.1) is 0 Å². The second-order valence-corrected chi connectivity index (χ2v) is 6.25. The van der Waals surface area contributed by atoms with Crippen molar-refractivity contribution in [3.63, 3.8) is 0 Å². The molecule has 106 valence electrons. The molecule has 2 N–H and O–H groups in total. The fraction of sp³-hybridized carbons (Fsp3) is 0.533. The van der Waals surface area contributed by atoms with Crippen LogP contribution in [0.3, 0.4) is 0 Å². The predicted octanol–water partition coefficient (Wildman–Crippen LogP) is 3.57. The number of benzene rings is 1. The highest BCUT2D eigenvalue weighted by molar-refractivity contribution is 9.10. The Morgan fingerprint density at radius 1 is 1.32 bits per heavy atom. The van der Waals surface area contributed by atoms with Gasteiger partial charge in [-0.05, 0) is 31.0 Å². The van der Waals surface area contributed by atoms with Crippen LogP contribution in [-0.2, 0) is 10.2 Å². The Hall–Kier alpha value is -0.870. The molecule has 0 radical (unpaired) electrons. The summed E-state index contributed by atoms with van der Waals surface area (Å²) in [5, 5.41) is 12.0. The zero-order chi connectivity index (χ0) is 14.3. The summed E-state index contributed by atoms with van der Waals surface area (Å²) >= 11 is 3.59. The number of aliphatic carboxylic acids is 1. The van der Waals surface area contributed by atoms with Gasteiger partial charge < -0.3 is 10.4 Å². The molecule has 4 heteroatoms. The van der Waals surface area contributed by atoms with Crippen molar-refractivity contribution in [1.82, 2.24) is 5.32 Å². The second-order valence-electron chi connectivity index (χ2n) is 5.39. The van der Waals surface area contributed by atoms with E-state index in [2.05, 4.69) is 53.3 Å². The molecular weight excluding hydrogens is 306 g/mol. The van der Waals surface area contributed by atoms with Gasteiger partial charge in [0.2, 0.25) is 0 Å². The van der Waals surface area contributed by atoms with E-state index in [-0.39, 0.29) is 11.8 Å². The van der Waals surface area contributed by atoms with Gasteiger partial charge in [0, 0.05) is 22.9 Å². The van der Waals surface area contributed by atoms with E-state index < -0.39 is 5.97 Å². The van der Waals surface area contributed by atoms with E-state index in [9.17, 15) is 4.79 Å². The van der Waals surface area contributed by atoms with Crippen LogP contribution in [0.15, 0.2) is 28.7 Å². The lowest BCUT2D eigenvalue weighted by molar-refractivity contribution is -0.137. The molecule has 19 heavy (non-hydrogen) atoms. The molecule has 1 aromatic rings. The molecule has 0 aliphatic carbocycles. The molecular formula is C15H22BrNO2. The molecule has 0 unspecified atom stereocenters. The number of hydrogen-bond acceptors (Lipinski definition) is 2. The predicted molar refractivity (Wildman–Crippen MR) is 81.5 cm³/mol. The SMILES string of the molecule is CC(C)(CNCCCCC(=O)O)c1ccccc1Br. The lowest BCUT2D eigenvalue weighted by Crippen LogP contribution is -2.33. The van der Waals surface area contributed by atoms with Gasteiger partial charge in [-0.25, -0.2) is 0 Å². The van der Waals surface area contributed by atoms with Crippen molar-refractivity contribution < 1.29 is 9.90 Å². The number of halogens is 1. The molecule has 0 saturated heterocycles. The minimum absolute atomic E-state index is 0.0485. The molecule has 0 heterocycles. The molecule has 3 nitrogen and oxygen atoms in total. The average Bonchev–Trinajstić information content (AvgIpc) is 2.33. The summed E-state index contributed by atoms with van der Waals surface area (Å²) in [4.78, 5) is 10.4. The number of hydrogen-bond donors (Lipinski definition) is 2. The molecule has 0 aliphatic rings. The molecule has 0 atom stereocenters. The van der Waals surface area contributed by atoms with Gasteiger partial charge in [-0.2, -0.15) is 0 Å². The number of carboxylic acids is 1. The maximum absolute atomic E-state index is 10.4. The topological polar surface area (TPSA) is 49.3 Å². The molecule has 1 aromatic carbocycles. The van der Waals surface area contributed by atoms with E-state index in [1.807, 2.05) is 6.07 Å². The third-order valence-corrected chi connectivity index (χ3v) is 3.86. The first-order valence-corrected chi connectivity index (χ1v) is 7.40. The number of rotatable bonds is 8. The maximum atomic E-state index is 10.4. The van der Waals surface area contributed by atoms with Crippen LogP contribution < -0.4 is 5.32 Å². The van der Waals surface area contributed by atoms with Crippen molar-refractivity contribution in [1.29, 1.82) is 0 Å². The van der Waals surface area contributed by atoms with Crippen LogP contribution in [0.1, 0.15) is 38.7 Å². The molecule has 0 aliphatic heterocycles. The van der Waals surface area contributed by atoms with Gasteiger partial charge in [0.15, 0.2) is 0 Å². The number of unbranched alkanes of at least 4 members (excludes halogenated alkanes) is 1. The Morgan fingerprint density at radius 3 is 2.63 bits per heavy atom. The number of carboxylic acid groups (broad SMARTS) is 1. The monoisotopic (exact) mass is 327 g/mol. The van der Waals surface area contributed by atoms with Crippen molar-refractivity contribution in [2.24, 2.45) is 0 Å². The third kappa shape index (κ3) is 5.74. The van der Waals surface area contributed by atoms with Crippen LogP contribution in [0.5, 0.6) is 0 Å². The van der Waals surface area contributed by atoms with E-state index >= 15 is 0 Å². The van der Waals surface area contributed by atoms with Crippen molar-refractivity contribution in [3.05, 3.63) is 34.3 Å². The van der Waals surface area contributed by atoms with Gasteiger partial charge >= 0.3 is 5.97 Å². The van der Waals surface area contributed by atoms with Gasteiger partial charge in [-0.15, -0.1) is 0 Å². The molecule has 0 amide bonds. The lowest BCUT2D eigenvalue weighted by atomic mass is 9.84. The van der Waals surface area contributed by atoms with Crippen molar-refractivity contribution in [2.75, 3.05) is 13.1 Å².